The number of rotatable bonds is 6. The highest BCUT2D eigenvalue weighted by Gasteiger charge is 2.32. The molecule has 6 nitrogen and oxygen atoms in total. The zero-order valence-electron chi connectivity index (χ0n) is 17.4. The minimum atomic E-state index is -3.58. The molecule has 8 heteroatoms. The largest absolute Gasteiger partial charge is 0.491 e. The minimum absolute atomic E-state index is 0.0776. The fraction of sp³-hybridized carbons (Fsp3) is 0.409. The van der Waals surface area contributed by atoms with Crippen molar-refractivity contribution in [3.8, 4) is 5.75 Å². The second kappa shape index (κ2) is 9.14. The first-order valence-corrected chi connectivity index (χ1v) is 11.4. The Balaban J connectivity index is 1.59. The van der Waals surface area contributed by atoms with Gasteiger partial charge in [0.15, 0.2) is 0 Å². The Hall–Kier alpha value is -2.45. The van der Waals surface area contributed by atoms with E-state index in [4.69, 9.17) is 4.74 Å². The van der Waals surface area contributed by atoms with E-state index in [0.29, 0.717) is 18.6 Å². The molecule has 0 saturated carbocycles. The normalized spacial score (nSPS) is 15.9. The van der Waals surface area contributed by atoms with Crippen LogP contribution in [-0.4, -0.2) is 37.8 Å². The number of nitrogens with one attached hydrogen (secondary N) is 1. The smallest absolute Gasteiger partial charge is 0.243 e. The third kappa shape index (κ3) is 5.17. The molecule has 1 aliphatic heterocycles. The molecular formula is C22H27FN2O4S. The van der Waals surface area contributed by atoms with E-state index in [0.717, 1.165) is 5.56 Å². The van der Waals surface area contributed by atoms with Crippen molar-refractivity contribution in [2.24, 2.45) is 5.92 Å². The first-order valence-electron chi connectivity index (χ1n) is 10.0. The molecular weight excluding hydrogens is 407 g/mol. The van der Waals surface area contributed by atoms with Crippen LogP contribution < -0.4 is 10.1 Å². The van der Waals surface area contributed by atoms with Gasteiger partial charge in [0.05, 0.1) is 16.7 Å². The van der Waals surface area contributed by atoms with E-state index < -0.39 is 15.8 Å². The molecule has 162 valence electrons. The summed E-state index contributed by atoms with van der Waals surface area (Å²) in [5, 5.41) is 2.61. The van der Waals surface area contributed by atoms with Gasteiger partial charge in [0.1, 0.15) is 11.6 Å². The summed E-state index contributed by atoms with van der Waals surface area (Å²) in [7, 11) is -3.58. The van der Waals surface area contributed by atoms with Crippen molar-refractivity contribution in [1.82, 2.24) is 4.31 Å². The Morgan fingerprint density at radius 1 is 1.13 bits per heavy atom. The van der Waals surface area contributed by atoms with Crippen LogP contribution in [0, 0.1) is 18.7 Å². The quantitative estimate of drug-likeness (QED) is 0.747. The number of carbonyl (C=O) groups is 1. The maximum Gasteiger partial charge on any atom is 0.243 e. The molecule has 0 atom stereocenters. The van der Waals surface area contributed by atoms with Gasteiger partial charge in [0.2, 0.25) is 15.9 Å². The van der Waals surface area contributed by atoms with Gasteiger partial charge in [0.25, 0.3) is 0 Å². The van der Waals surface area contributed by atoms with Crippen LogP contribution in [0.25, 0.3) is 0 Å². The summed E-state index contributed by atoms with van der Waals surface area (Å²) in [5.74, 6) is -0.852. The second-order valence-electron chi connectivity index (χ2n) is 7.79. The average Bonchev–Trinajstić information content (AvgIpc) is 2.70. The topological polar surface area (TPSA) is 75.7 Å². The van der Waals surface area contributed by atoms with Crippen LogP contribution in [0.4, 0.5) is 10.1 Å². The highest BCUT2D eigenvalue weighted by Crippen LogP contribution is 2.27. The Morgan fingerprint density at radius 2 is 1.77 bits per heavy atom. The summed E-state index contributed by atoms with van der Waals surface area (Å²) in [6.07, 6.45) is 0.686. The van der Waals surface area contributed by atoms with Crippen molar-refractivity contribution in [1.29, 1.82) is 0 Å². The number of piperidine rings is 1. The monoisotopic (exact) mass is 434 g/mol. The number of hydrogen-bond donors (Lipinski definition) is 1. The zero-order valence-corrected chi connectivity index (χ0v) is 18.2. The Labute approximate surface area is 177 Å². The van der Waals surface area contributed by atoms with E-state index in [2.05, 4.69) is 5.32 Å². The number of hydrogen-bond acceptors (Lipinski definition) is 4. The van der Waals surface area contributed by atoms with Crippen molar-refractivity contribution in [3.05, 3.63) is 53.8 Å². The van der Waals surface area contributed by atoms with Gasteiger partial charge in [-0.3, -0.25) is 4.79 Å². The Morgan fingerprint density at radius 3 is 2.33 bits per heavy atom. The summed E-state index contributed by atoms with van der Waals surface area (Å²) in [6, 6.07) is 11.0. The van der Waals surface area contributed by atoms with E-state index in [-0.39, 0.29) is 41.6 Å². The molecule has 1 amide bonds. The van der Waals surface area contributed by atoms with Gasteiger partial charge in [-0.05, 0) is 57.9 Å². The van der Waals surface area contributed by atoms with Gasteiger partial charge < -0.3 is 10.1 Å². The summed E-state index contributed by atoms with van der Waals surface area (Å²) in [4.78, 5) is 12.8. The predicted octanol–water partition coefficient (Wildman–Crippen LogP) is 3.96. The van der Waals surface area contributed by atoms with Crippen LogP contribution in [0.2, 0.25) is 0 Å². The van der Waals surface area contributed by atoms with Gasteiger partial charge in [-0.25, -0.2) is 12.8 Å². The number of ether oxygens (including phenoxy) is 1. The van der Waals surface area contributed by atoms with Crippen LogP contribution >= 0.6 is 0 Å². The SMILES string of the molecule is Cc1ccc(S(=O)(=O)N2CCC(C(=O)Nc3ccc(OC(C)C)cc3F)CC2)cc1. The third-order valence-corrected chi connectivity index (χ3v) is 6.97. The van der Waals surface area contributed by atoms with Gasteiger partial charge in [-0.2, -0.15) is 4.31 Å². The van der Waals surface area contributed by atoms with Crippen molar-refractivity contribution >= 4 is 21.6 Å². The van der Waals surface area contributed by atoms with Gasteiger partial charge >= 0.3 is 0 Å². The van der Waals surface area contributed by atoms with Crippen LogP contribution in [0.1, 0.15) is 32.3 Å². The van der Waals surface area contributed by atoms with Crippen LogP contribution in [0.3, 0.4) is 0 Å². The molecule has 0 unspecified atom stereocenters. The number of amides is 1. The van der Waals surface area contributed by atoms with Crippen LogP contribution in [0.5, 0.6) is 5.75 Å². The number of halogens is 1. The lowest BCUT2D eigenvalue weighted by Crippen LogP contribution is -2.41. The van der Waals surface area contributed by atoms with Gasteiger partial charge in [-0.1, -0.05) is 17.7 Å². The summed E-state index contributed by atoms with van der Waals surface area (Å²) >= 11 is 0. The number of aryl methyl sites for hydroxylation is 1. The van der Waals surface area contributed by atoms with E-state index >= 15 is 0 Å². The standard InChI is InChI=1S/C22H27FN2O4S/c1-15(2)29-18-6-9-21(20(23)14-18)24-22(26)17-10-12-25(13-11-17)30(27,28)19-7-4-16(3)5-8-19/h4-9,14-15,17H,10-13H2,1-3H3,(H,24,26). The first kappa shape index (κ1) is 22.2. The van der Waals surface area contributed by atoms with E-state index in [1.165, 1.54) is 16.4 Å². The average molecular weight is 435 g/mol. The predicted molar refractivity (Wildman–Crippen MR) is 113 cm³/mol. The molecule has 30 heavy (non-hydrogen) atoms. The highest BCUT2D eigenvalue weighted by atomic mass is 32.2. The molecule has 1 N–H and O–H groups in total. The first-order chi connectivity index (χ1) is 14.2. The number of carbonyl (C=O) groups excluding carboxylic acids is 1. The number of sulfonamides is 1. The van der Waals surface area contributed by atoms with E-state index in [9.17, 15) is 17.6 Å². The fourth-order valence-electron chi connectivity index (χ4n) is 3.40. The summed E-state index contributed by atoms with van der Waals surface area (Å²) in [5.41, 5.74) is 1.08. The molecule has 1 saturated heterocycles. The zero-order chi connectivity index (χ0) is 21.9. The Kier molecular flexibility index (Phi) is 6.77. The van der Waals surface area contributed by atoms with E-state index in [1.54, 1.807) is 30.3 Å². The summed E-state index contributed by atoms with van der Waals surface area (Å²) in [6.45, 7) is 6.09. The highest BCUT2D eigenvalue weighted by molar-refractivity contribution is 7.89. The van der Waals surface area contributed by atoms with Gasteiger partial charge in [-0.15, -0.1) is 0 Å². The van der Waals surface area contributed by atoms with Crippen molar-refractivity contribution in [2.75, 3.05) is 18.4 Å². The Bertz CT molecular complexity index is 998. The molecule has 1 fully saturated rings. The number of benzene rings is 2. The number of anilines is 1. The molecule has 2 aromatic carbocycles. The van der Waals surface area contributed by atoms with Crippen molar-refractivity contribution < 1.29 is 22.3 Å². The molecule has 0 aliphatic carbocycles. The maximum atomic E-state index is 14.3. The van der Waals surface area contributed by atoms with Crippen molar-refractivity contribution in [2.45, 2.75) is 44.6 Å². The van der Waals surface area contributed by atoms with Crippen molar-refractivity contribution in [3.63, 3.8) is 0 Å². The lowest BCUT2D eigenvalue weighted by molar-refractivity contribution is -0.120. The molecule has 0 bridgehead atoms. The fourth-order valence-corrected chi connectivity index (χ4v) is 4.86. The molecule has 0 spiro atoms. The number of nitrogens with zero attached hydrogens (tertiary/aromatic N) is 1. The molecule has 3 rings (SSSR count). The van der Waals surface area contributed by atoms with Crippen LogP contribution in [-0.2, 0) is 14.8 Å². The molecule has 0 radical (unpaired) electrons. The lowest BCUT2D eigenvalue weighted by atomic mass is 9.97. The summed E-state index contributed by atoms with van der Waals surface area (Å²) < 4.78 is 46.7. The van der Waals surface area contributed by atoms with Gasteiger partial charge in [0, 0.05) is 25.1 Å². The maximum absolute atomic E-state index is 14.3. The second-order valence-corrected chi connectivity index (χ2v) is 9.73. The third-order valence-electron chi connectivity index (χ3n) is 5.05. The molecule has 2 aromatic rings. The lowest BCUT2D eigenvalue weighted by Gasteiger charge is -2.30. The minimum Gasteiger partial charge on any atom is -0.491 e. The molecule has 1 aliphatic rings. The van der Waals surface area contributed by atoms with E-state index in [1.807, 2.05) is 20.8 Å². The molecule has 0 aromatic heterocycles. The molecule has 1 heterocycles. The van der Waals surface area contributed by atoms with Crippen LogP contribution in [0.15, 0.2) is 47.4 Å².